The van der Waals surface area contributed by atoms with Crippen LogP contribution in [0.5, 0.6) is 0 Å². The Hall–Kier alpha value is -3.27. The molecule has 0 fully saturated rings. The minimum Gasteiger partial charge on any atom is -0.288 e. The Balaban J connectivity index is 1.64. The van der Waals surface area contributed by atoms with Crippen molar-refractivity contribution in [3.05, 3.63) is 94.1 Å². The fourth-order valence-corrected chi connectivity index (χ4v) is 3.95. The summed E-state index contributed by atoms with van der Waals surface area (Å²) in [4.78, 5) is 22.0. The fourth-order valence-electron chi connectivity index (χ4n) is 3.49. The Bertz CT molecular complexity index is 1450. The zero-order valence-corrected chi connectivity index (χ0v) is 19.2. The summed E-state index contributed by atoms with van der Waals surface area (Å²) in [7, 11) is -2.73. The van der Waals surface area contributed by atoms with Crippen LogP contribution in [0.4, 0.5) is 8.78 Å². The van der Waals surface area contributed by atoms with Gasteiger partial charge in [-0.15, -0.1) is 0 Å². The first kappa shape index (κ1) is 23.9. The van der Waals surface area contributed by atoms with Gasteiger partial charge in [0.15, 0.2) is 17.4 Å². The molecule has 0 radical (unpaired) electrons. The van der Waals surface area contributed by atoms with Gasteiger partial charge in [0.1, 0.15) is 0 Å². The molecule has 0 aliphatic rings. The summed E-state index contributed by atoms with van der Waals surface area (Å²) in [6.45, 7) is 0.153. The van der Waals surface area contributed by atoms with Gasteiger partial charge in [-0.3, -0.25) is 9.78 Å². The van der Waals surface area contributed by atoms with Crippen molar-refractivity contribution in [1.82, 2.24) is 14.7 Å². The van der Waals surface area contributed by atoms with E-state index >= 15 is 0 Å². The van der Waals surface area contributed by atoms with Gasteiger partial charge < -0.3 is 0 Å². The third-order valence-corrected chi connectivity index (χ3v) is 5.89. The van der Waals surface area contributed by atoms with Crippen LogP contribution in [0, 0.1) is 11.6 Å². The maximum Gasteiger partial charge on any atom is 0.201 e. The third-order valence-electron chi connectivity index (χ3n) is 5.16. The van der Waals surface area contributed by atoms with Crippen molar-refractivity contribution >= 4 is 39.3 Å². The summed E-state index contributed by atoms with van der Waals surface area (Å²) in [5.74, 6) is -3.08. The number of carbonyl (C=O) groups is 1. The van der Waals surface area contributed by atoms with E-state index in [4.69, 9.17) is 11.6 Å². The van der Waals surface area contributed by atoms with Gasteiger partial charge in [0.05, 0.1) is 28.5 Å². The Morgan fingerprint density at radius 1 is 1.00 bits per heavy atom. The molecule has 4 aromatic rings. The third kappa shape index (κ3) is 5.44. The number of fused-ring (bicyclic) bond motifs is 1. The molecule has 174 valence electrons. The Morgan fingerprint density at radius 2 is 1.76 bits per heavy atom. The van der Waals surface area contributed by atoms with E-state index in [9.17, 15) is 22.0 Å². The number of thiol groups is 1. The van der Waals surface area contributed by atoms with E-state index in [-0.39, 0.29) is 18.5 Å². The van der Waals surface area contributed by atoms with Gasteiger partial charge in [0.2, 0.25) is 10.9 Å². The van der Waals surface area contributed by atoms with E-state index in [2.05, 4.69) is 14.7 Å². The molecule has 0 bridgehead atoms. The molecule has 0 saturated heterocycles. The molecule has 0 amide bonds. The van der Waals surface area contributed by atoms with E-state index in [1.54, 1.807) is 36.5 Å². The number of hydrogen-bond donors (Lipinski definition) is 2. The number of hydrogen-bond acceptors (Lipinski definition) is 5. The van der Waals surface area contributed by atoms with Gasteiger partial charge >= 0.3 is 0 Å². The molecule has 1 aromatic heterocycles. The summed E-state index contributed by atoms with van der Waals surface area (Å²) >= 11 is 5.93. The molecule has 1 heterocycles. The van der Waals surface area contributed by atoms with Crippen LogP contribution in [-0.2, 0) is 17.3 Å². The molecule has 0 saturated carbocycles. The first-order valence-electron chi connectivity index (χ1n) is 10.2. The molecule has 10 heteroatoms. The highest BCUT2D eigenvalue weighted by Gasteiger charge is 2.19. The lowest BCUT2D eigenvalue weighted by molar-refractivity contribution is 0.103. The molecule has 0 aliphatic carbocycles. The molecule has 0 spiro atoms. The number of carbonyl (C=O) groups excluding carboxylic acids is 1. The van der Waals surface area contributed by atoms with Crippen LogP contribution >= 0.6 is 11.6 Å². The van der Waals surface area contributed by atoms with Crippen LogP contribution in [-0.4, -0.2) is 30.7 Å². The fraction of sp³-hybridized carbons (Fsp3) is 0.125. The summed E-state index contributed by atoms with van der Waals surface area (Å²) in [6, 6.07) is 13.9. The zero-order chi connectivity index (χ0) is 24.2. The highest BCUT2D eigenvalue weighted by Crippen LogP contribution is 2.24. The second kappa shape index (κ2) is 10.3. The van der Waals surface area contributed by atoms with Crippen LogP contribution in [0.15, 0.2) is 60.8 Å². The number of ketones is 1. The molecule has 0 unspecified atom stereocenters. The number of halogens is 3. The molecular weight excluding hydrogens is 484 g/mol. The minimum atomic E-state index is -2.73. The second-order valence-corrected chi connectivity index (χ2v) is 8.77. The van der Waals surface area contributed by atoms with Crippen molar-refractivity contribution in [3.8, 4) is 11.3 Å². The van der Waals surface area contributed by atoms with Crippen LogP contribution in [0.25, 0.3) is 22.3 Å². The Morgan fingerprint density at radius 3 is 2.50 bits per heavy atom. The Labute approximate surface area is 200 Å². The second-order valence-electron chi connectivity index (χ2n) is 7.50. The molecule has 0 aliphatic heterocycles. The summed E-state index contributed by atoms with van der Waals surface area (Å²) in [5.41, 5.74) is 2.44. The number of aryl methyl sites for hydroxylation is 1. The molecule has 4 rings (SSSR count). The van der Waals surface area contributed by atoms with E-state index < -0.39 is 33.9 Å². The maximum atomic E-state index is 14.5. The van der Waals surface area contributed by atoms with Gasteiger partial charge in [0.25, 0.3) is 0 Å². The van der Waals surface area contributed by atoms with Crippen molar-refractivity contribution in [1.29, 1.82) is 0 Å². The highest BCUT2D eigenvalue weighted by molar-refractivity contribution is 7.70. The van der Waals surface area contributed by atoms with Crippen LogP contribution in [0.2, 0.25) is 5.02 Å². The van der Waals surface area contributed by atoms with Crippen molar-refractivity contribution < 1.29 is 22.0 Å². The molecule has 3 aromatic carbocycles. The number of rotatable bonds is 8. The predicted octanol–water partition coefficient (Wildman–Crippen LogP) is 4.51. The van der Waals surface area contributed by atoms with Crippen molar-refractivity contribution in [2.24, 2.45) is 0 Å². The number of benzene rings is 3. The normalized spacial score (nSPS) is 11.3. The molecule has 34 heavy (non-hydrogen) atoms. The monoisotopic (exact) mass is 501 g/mol. The Kier molecular flexibility index (Phi) is 7.26. The number of nitrogens with one attached hydrogen (secondary N) is 1. The van der Waals surface area contributed by atoms with Crippen LogP contribution < -0.4 is 4.72 Å². The molecular formula is C24H18ClF2N3O3S. The largest absolute Gasteiger partial charge is 0.288 e. The van der Waals surface area contributed by atoms with Gasteiger partial charge in [-0.2, -0.15) is 0 Å². The zero-order valence-electron chi connectivity index (χ0n) is 17.6. The summed E-state index contributed by atoms with van der Waals surface area (Å²) in [6.07, 6.45) is 2.23. The van der Waals surface area contributed by atoms with Gasteiger partial charge in [-0.05, 0) is 60.9 Å². The van der Waals surface area contributed by atoms with E-state index in [0.29, 0.717) is 33.7 Å². The topological polar surface area (TPSA) is 89.0 Å². The average molecular weight is 502 g/mol. The molecule has 6 nitrogen and oxygen atoms in total. The van der Waals surface area contributed by atoms with E-state index in [1.807, 2.05) is 0 Å². The quantitative estimate of drug-likeness (QED) is 0.211. The summed E-state index contributed by atoms with van der Waals surface area (Å²) < 4.78 is 52.1. The average Bonchev–Trinajstić information content (AvgIpc) is 2.83. The molecule has 0 atom stereocenters. The summed E-state index contributed by atoms with van der Waals surface area (Å²) in [5, 5.41) is 0.582. The van der Waals surface area contributed by atoms with Crippen LogP contribution in [0.3, 0.4) is 0 Å². The van der Waals surface area contributed by atoms with Gasteiger partial charge in [-0.1, -0.05) is 23.7 Å². The number of nitrogens with zero attached hydrogens (tertiary/aromatic N) is 2. The SMILES string of the molecule is O=C(c1ccc2ncc(-c3ccc(Cl)cc3)nc2c1)c1cc(CCCN[SH](=O)=O)cc(F)c1F. The lowest BCUT2D eigenvalue weighted by Gasteiger charge is -2.09. The highest BCUT2D eigenvalue weighted by atomic mass is 35.5. The molecule has 1 N–H and O–H groups in total. The number of aromatic nitrogens is 2. The lowest BCUT2D eigenvalue weighted by atomic mass is 9.98. The smallest absolute Gasteiger partial charge is 0.201 e. The predicted molar refractivity (Wildman–Crippen MR) is 126 cm³/mol. The van der Waals surface area contributed by atoms with Gasteiger partial charge in [-0.25, -0.2) is 26.9 Å². The minimum absolute atomic E-state index is 0.135. The maximum absolute atomic E-state index is 14.5. The lowest BCUT2D eigenvalue weighted by Crippen LogP contribution is -2.13. The van der Waals surface area contributed by atoms with Crippen LogP contribution in [0.1, 0.15) is 27.9 Å². The first-order valence-corrected chi connectivity index (χ1v) is 11.8. The van der Waals surface area contributed by atoms with E-state index in [1.165, 1.54) is 18.2 Å². The first-order chi connectivity index (χ1) is 16.3. The van der Waals surface area contributed by atoms with E-state index in [0.717, 1.165) is 11.6 Å². The standard InChI is InChI=1S/C24H18ClF2N3O3S/c25-17-6-3-15(4-7-17)22-13-28-20-8-5-16(12-21(20)30-22)24(31)18-10-14(11-19(26)23(18)27)2-1-9-29-34(32)33/h3-8,10-13,34H,1-2,9H2,(H,29,32,33). The van der Waals surface area contributed by atoms with Crippen molar-refractivity contribution in [3.63, 3.8) is 0 Å². The van der Waals surface area contributed by atoms with Gasteiger partial charge in [0, 0.05) is 22.7 Å². The van der Waals surface area contributed by atoms with Crippen molar-refractivity contribution in [2.75, 3.05) is 6.54 Å². The van der Waals surface area contributed by atoms with Crippen molar-refractivity contribution in [2.45, 2.75) is 12.8 Å².